The normalized spacial score (nSPS) is 12.4. The Balaban J connectivity index is 1.95. The Labute approximate surface area is 194 Å². The third-order valence-corrected chi connectivity index (χ3v) is 5.11. The van der Waals surface area contributed by atoms with E-state index in [9.17, 15) is 22.8 Å². The van der Waals surface area contributed by atoms with Gasteiger partial charge in [0.05, 0.1) is 6.04 Å². The van der Waals surface area contributed by atoms with Crippen molar-refractivity contribution in [2.75, 3.05) is 0 Å². The van der Waals surface area contributed by atoms with Crippen LogP contribution in [0.15, 0.2) is 84.9 Å². The standard InChI is InChI=1S/C26H22F3NO4/c1-18(23-10-6-5-7-20(23)13-16-24(31)32)30(25(33)21-8-3-2-4-9-21)17-19-11-14-22(15-12-19)34-26(27,28)29/h2-16,18H,17H2,1H3,(H,31,32)/b16-13+. The van der Waals surface area contributed by atoms with E-state index in [-0.39, 0.29) is 18.2 Å². The molecule has 0 bridgehead atoms. The molecule has 3 rings (SSSR count). The fourth-order valence-electron chi connectivity index (χ4n) is 3.50. The summed E-state index contributed by atoms with van der Waals surface area (Å²) < 4.78 is 41.3. The summed E-state index contributed by atoms with van der Waals surface area (Å²) in [6, 6.07) is 20.6. The fraction of sp³-hybridized carbons (Fsp3) is 0.154. The maximum Gasteiger partial charge on any atom is 0.573 e. The predicted molar refractivity (Wildman–Crippen MR) is 121 cm³/mol. The lowest BCUT2D eigenvalue weighted by Gasteiger charge is -2.31. The van der Waals surface area contributed by atoms with Crippen molar-refractivity contribution in [2.45, 2.75) is 25.9 Å². The average Bonchev–Trinajstić information content (AvgIpc) is 2.81. The Morgan fingerprint density at radius 1 is 0.971 bits per heavy atom. The Morgan fingerprint density at radius 2 is 1.59 bits per heavy atom. The van der Waals surface area contributed by atoms with Gasteiger partial charge in [0.15, 0.2) is 0 Å². The fourth-order valence-corrected chi connectivity index (χ4v) is 3.50. The molecule has 0 aliphatic rings. The molecule has 0 aromatic heterocycles. The number of ether oxygens (including phenoxy) is 1. The van der Waals surface area contributed by atoms with Crippen LogP contribution >= 0.6 is 0 Å². The highest BCUT2D eigenvalue weighted by Gasteiger charge is 2.31. The molecule has 176 valence electrons. The number of hydrogen-bond acceptors (Lipinski definition) is 3. The minimum absolute atomic E-state index is 0.109. The molecule has 34 heavy (non-hydrogen) atoms. The zero-order chi connectivity index (χ0) is 24.7. The number of nitrogens with zero attached hydrogens (tertiary/aromatic N) is 1. The number of carbonyl (C=O) groups excluding carboxylic acids is 1. The number of rotatable bonds is 8. The van der Waals surface area contributed by atoms with E-state index < -0.39 is 18.4 Å². The van der Waals surface area contributed by atoms with Crippen LogP contribution in [0.4, 0.5) is 13.2 Å². The van der Waals surface area contributed by atoms with Gasteiger partial charge in [-0.3, -0.25) is 4.79 Å². The molecule has 0 fully saturated rings. The molecule has 1 amide bonds. The second-order valence-electron chi connectivity index (χ2n) is 7.47. The van der Waals surface area contributed by atoms with E-state index in [0.717, 1.165) is 11.6 Å². The molecule has 0 aliphatic carbocycles. The van der Waals surface area contributed by atoms with Gasteiger partial charge in [-0.2, -0.15) is 0 Å². The van der Waals surface area contributed by atoms with Crippen LogP contribution in [0.25, 0.3) is 6.08 Å². The highest BCUT2D eigenvalue weighted by atomic mass is 19.4. The Hall–Kier alpha value is -4.07. The summed E-state index contributed by atoms with van der Waals surface area (Å²) in [7, 11) is 0. The van der Waals surface area contributed by atoms with E-state index >= 15 is 0 Å². The molecule has 1 unspecified atom stereocenters. The summed E-state index contributed by atoms with van der Waals surface area (Å²) in [5, 5.41) is 9.01. The monoisotopic (exact) mass is 469 g/mol. The van der Waals surface area contributed by atoms with Crippen LogP contribution < -0.4 is 4.74 Å². The van der Waals surface area contributed by atoms with Crippen LogP contribution in [0, 0.1) is 0 Å². The quantitative estimate of drug-likeness (QED) is 0.406. The van der Waals surface area contributed by atoms with Crippen molar-refractivity contribution in [1.29, 1.82) is 0 Å². The summed E-state index contributed by atoms with van der Waals surface area (Å²) in [6.45, 7) is 1.92. The van der Waals surface area contributed by atoms with Gasteiger partial charge < -0.3 is 14.7 Å². The zero-order valence-corrected chi connectivity index (χ0v) is 18.2. The second-order valence-corrected chi connectivity index (χ2v) is 7.47. The van der Waals surface area contributed by atoms with Gasteiger partial charge in [-0.25, -0.2) is 4.79 Å². The summed E-state index contributed by atoms with van der Waals surface area (Å²) in [4.78, 5) is 26.0. The van der Waals surface area contributed by atoms with Gasteiger partial charge in [0.1, 0.15) is 5.75 Å². The molecule has 0 aliphatic heterocycles. The lowest BCUT2D eigenvalue weighted by atomic mass is 9.98. The molecule has 5 nitrogen and oxygen atoms in total. The van der Waals surface area contributed by atoms with Crippen molar-refractivity contribution >= 4 is 18.0 Å². The number of aliphatic carboxylic acids is 1. The Bertz CT molecular complexity index is 1160. The summed E-state index contributed by atoms with van der Waals surface area (Å²) >= 11 is 0. The van der Waals surface area contributed by atoms with Gasteiger partial charge in [-0.1, -0.05) is 54.6 Å². The molecule has 0 heterocycles. The van der Waals surface area contributed by atoms with Gasteiger partial charge >= 0.3 is 12.3 Å². The van der Waals surface area contributed by atoms with Gasteiger partial charge in [-0.05, 0) is 54.0 Å². The van der Waals surface area contributed by atoms with E-state index in [2.05, 4.69) is 4.74 Å². The lowest BCUT2D eigenvalue weighted by Crippen LogP contribution is -2.33. The molecular formula is C26H22F3NO4. The number of alkyl halides is 3. The van der Waals surface area contributed by atoms with Crippen molar-refractivity contribution in [3.63, 3.8) is 0 Å². The molecule has 8 heteroatoms. The maximum absolute atomic E-state index is 13.4. The van der Waals surface area contributed by atoms with Crippen molar-refractivity contribution in [1.82, 2.24) is 4.90 Å². The molecule has 0 spiro atoms. The average molecular weight is 469 g/mol. The van der Waals surface area contributed by atoms with E-state index in [1.54, 1.807) is 59.5 Å². The van der Waals surface area contributed by atoms with Crippen LogP contribution in [0.5, 0.6) is 5.75 Å². The first kappa shape index (κ1) is 24.6. The van der Waals surface area contributed by atoms with Gasteiger partial charge in [-0.15, -0.1) is 13.2 Å². The third kappa shape index (κ3) is 6.71. The second kappa shape index (κ2) is 10.7. The van der Waals surface area contributed by atoms with E-state index in [1.807, 2.05) is 6.92 Å². The van der Waals surface area contributed by atoms with Gasteiger partial charge in [0.25, 0.3) is 5.91 Å². The molecule has 3 aromatic carbocycles. The molecule has 0 saturated carbocycles. The number of carbonyl (C=O) groups is 2. The molecule has 3 aromatic rings. The van der Waals surface area contributed by atoms with Crippen LogP contribution in [-0.2, 0) is 11.3 Å². The van der Waals surface area contributed by atoms with Crippen molar-refractivity contribution < 1.29 is 32.6 Å². The smallest absolute Gasteiger partial charge is 0.478 e. The first-order valence-corrected chi connectivity index (χ1v) is 10.3. The SMILES string of the molecule is CC(c1ccccc1/C=C/C(=O)O)N(Cc1ccc(OC(F)(F)F)cc1)C(=O)c1ccccc1. The molecule has 0 saturated heterocycles. The van der Waals surface area contributed by atoms with E-state index in [1.165, 1.54) is 30.3 Å². The minimum Gasteiger partial charge on any atom is -0.478 e. The highest BCUT2D eigenvalue weighted by Crippen LogP contribution is 2.29. The number of amides is 1. The molecular weight excluding hydrogens is 447 g/mol. The largest absolute Gasteiger partial charge is 0.573 e. The summed E-state index contributed by atoms with van der Waals surface area (Å²) in [6.07, 6.45) is -2.31. The Kier molecular flexibility index (Phi) is 7.73. The van der Waals surface area contributed by atoms with Crippen molar-refractivity contribution in [3.8, 4) is 5.75 Å². The number of halogens is 3. The number of benzene rings is 3. The summed E-state index contributed by atoms with van der Waals surface area (Å²) in [5.41, 5.74) is 2.41. The van der Waals surface area contributed by atoms with Crippen molar-refractivity contribution in [3.05, 3.63) is 107 Å². The van der Waals surface area contributed by atoms with Crippen LogP contribution in [0.3, 0.4) is 0 Å². The maximum atomic E-state index is 13.4. The summed E-state index contributed by atoms with van der Waals surface area (Å²) in [5.74, 6) is -1.73. The number of hydrogen-bond donors (Lipinski definition) is 1. The molecule has 1 atom stereocenters. The molecule has 0 radical (unpaired) electrons. The van der Waals surface area contributed by atoms with Crippen LogP contribution in [0.1, 0.15) is 40.0 Å². The van der Waals surface area contributed by atoms with E-state index in [0.29, 0.717) is 16.7 Å². The van der Waals surface area contributed by atoms with Crippen LogP contribution in [-0.4, -0.2) is 28.2 Å². The number of carboxylic acids is 1. The predicted octanol–water partition coefficient (Wildman–Crippen LogP) is 6.09. The highest BCUT2D eigenvalue weighted by molar-refractivity contribution is 5.94. The third-order valence-electron chi connectivity index (χ3n) is 5.11. The topological polar surface area (TPSA) is 66.8 Å². The van der Waals surface area contributed by atoms with Crippen LogP contribution in [0.2, 0.25) is 0 Å². The first-order chi connectivity index (χ1) is 16.1. The van der Waals surface area contributed by atoms with Crippen molar-refractivity contribution in [2.24, 2.45) is 0 Å². The lowest BCUT2D eigenvalue weighted by molar-refractivity contribution is -0.274. The van der Waals surface area contributed by atoms with E-state index in [4.69, 9.17) is 5.11 Å². The minimum atomic E-state index is -4.79. The zero-order valence-electron chi connectivity index (χ0n) is 18.2. The first-order valence-electron chi connectivity index (χ1n) is 10.3. The van der Waals surface area contributed by atoms with Gasteiger partial charge in [0, 0.05) is 18.2 Å². The van der Waals surface area contributed by atoms with Gasteiger partial charge in [0.2, 0.25) is 0 Å². The Morgan fingerprint density at radius 3 is 2.21 bits per heavy atom. The number of carboxylic acid groups (broad SMARTS) is 1. The molecule has 1 N–H and O–H groups in total.